The van der Waals surface area contributed by atoms with Gasteiger partial charge in [-0.25, -0.2) is 14.4 Å². The second-order valence-corrected chi connectivity index (χ2v) is 8.90. The third kappa shape index (κ3) is 5.61. The van der Waals surface area contributed by atoms with Gasteiger partial charge in [-0.05, 0) is 67.9 Å². The molecular weight excluding hydrogens is 483 g/mol. The van der Waals surface area contributed by atoms with Gasteiger partial charge in [0.05, 0.1) is 17.6 Å². The van der Waals surface area contributed by atoms with Crippen molar-refractivity contribution in [3.63, 3.8) is 0 Å². The monoisotopic (exact) mass is 508 g/mol. The van der Waals surface area contributed by atoms with Crippen molar-refractivity contribution in [1.82, 2.24) is 15.3 Å². The van der Waals surface area contributed by atoms with Gasteiger partial charge in [-0.3, -0.25) is 0 Å². The van der Waals surface area contributed by atoms with Crippen molar-refractivity contribution in [2.45, 2.75) is 25.6 Å². The summed E-state index contributed by atoms with van der Waals surface area (Å²) in [6.07, 6.45) is 3.50. The first-order valence-electron chi connectivity index (χ1n) is 11.7. The van der Waals surface area contributed by atoms with Crippen molar-refractivity contribution in [3.05, 3.63) is 77.3 Å². The second-order valence-electron chi connectivity index (χ2n) is 8.50. The molecule has 0 radical (unpaired) electrons. The van der Waals surface area contributed by atoms with Gasteiger partial charge in [0, 0.05) is 17.1 Å². The molecule has 7 nitrogen and oxygen atoms in total. The molecule has 1 aromatic heterocycles. The topological polar surface area (TPSA) is 77.5 Å². The van der Waals surface area contributed by atoms with Crippen molar-refractivity contribution in [1.29, 1.82) is 0 Å². The summed E-state index contributed by atoms with van der Waals surface area (Å²) < 4.78 is 30.8. The summed E-state index contributed by atoms with van der Waals surface area (Å²) in [5.41, 5.74) is 2.32. The summed E-state index contributed by atoms with van der Waals surface area (Å²) >= 11 is 6.48. The van der Waals surface area contributed by atoms with E-state index in [0.717, 1.165) is 48.1 Å². The van der Waals surface area contributed by atoms with E-state index in [9.17, 15) is 4.39 Å². The van der Waals surface area contributed by atoms with Gasteiger partial charge in [-0.2, -0.15) is 0 Å². The smallest absolute Gasteiger partial charge is 0.162 e. The summed E-state index contributed by atoms with van der Waals surface area (Å²) in [6, 6.07) is 15.3. The number of aromatic nitrogens is 2. The summed E-state index contributed by atoms with van der Waals surface area (Å²) in [4.78, 5) is 8.85. The van der Waals surface area contributed by atoms with E-state index in [1.807, 2.05) is 18.2 Å². The number of benzene rings is 3. The highest BCUT2D eigenvalue weighted by atomic mass is 35.5. The maximum Gasteiger partial charge on any atom is 0.162 e. The number of nitrogens with zero attached hydrogens (tertiary/aromatic N) is 2. The number of hydrogen-bond donors (Lipinski definition) is 2. The van der Waals surface area contributed by atoms with Crippen molar-refractivity contribution in [3.8, 4) is 17.2 Å². The van der Waals surface area contributed by atoms with Gasteiger partial charge in [0.25, 0.3) is 0 Å². The zero-order valence-electron chi connectivity index (χ0n) is 19.8. The molecule has 1 aliphatic rings. The van der Waals surface area contributed by atoms with E-state index >= 15 is 0 Å². The van der Waals surface area contributed by atoms with Crippen LogP contribution in [-0.4, -0.2) is 36.3 Å². The van der Waals surface area contributed by atoms with Crippen molar-refractivity contribution in [2.75, 3.05) is 25.5 Å². The SMILES string of the molecule is COc1cc2ncnc(Nc3ccc(OCc4ccc(F)cc4)c(Cl)c3)c2cc1OC1CCNCC1. The Labute approximate surface area is 213 Å². The Morgan fingerprint density at radius 3 is 2.56 bits per heavy atom. The van der Waals surface area contributed by atoms with Crippen LogP contribution in [0.4, 0.5) is 15.9 Å². The van der Waals surface area contributed by atoms with Gasteiger partial charge >= 0.3 is 0 Å². The van der Waals surface area contributed by atoms with E-state index in [0.29, 0.717) is 28.1 Å². The number of anilines is 2. The van der Waals surface area contributed by atoms with Crippen LogP contribution >= 0.6 is 11.6 Å². The fourth-order valence-corrected chi connectivity index (χ4v) is 4.32. The molecule has 1 fully saturated rings. The first-order valence-corrected chi connectivity index (χ1v) is 12.1. The predicted octanol–water partition coefficient (Wildman–Crippen LogP) is 5.88. The molecule has 0 atom stereocenters. The van der Waals surface area contributed by atoms with E-state index in [1.165, 1.54) is 18.5 Å². The molecule has 0 aliphatic carbocycles. The Morgan fingerprint density at radius 1 is 1.00 bits per heavy atom. The summed E-state index contributed by atoms with van der Waals surface area (Å²) in [5.74, 6) is 2.16. The van der Waals surface area contributed by atoms with Crippen LogP contribution in [0.25, 0.3) is 10.9 Å². The molecule has 0 amide bonds. The van der Waals surface area contributed by atoms with Crippen molar-refractivity contribution < 1.29 is 18.6 Å². The van der Waals surface area contributed by atoms with Gasteiger partial charge in [0.2, 0.25) is 0 Å². The average molecular weight is 509 g/mol. The zero-order valence-corrected chi connectivity index (χ0v) is 20.5. The molecule has 2 N–H and O–H groups in total. The Kier molecular flexibility index (Phi) is 7.34. The Morgan fingerprint density at radius 2 is 1.81 bits per heavy atom. The van der Waals surface area contributed by atoms with Crippen LogP contribution in [0.2, 0.25) is 5.02 Å². The number of fused-ring (bicyclic) bond motifs is 1. The summed E-state index contributed by atoms with van der Waals surface area (Å²) in [7, 11) is 1.62. The normalized spacial score (nSPS) is 14.0. The number of methoxy groups -OCH3 is 1. The second kappa shape index (κ2) is 11.0. The maximum absolute atomic E-state index is 13.1. The van der Waals surface area contributed by atoms with E-state index in [-0.39, 0.29) is 18.5 Å². The number of nitrogens with one attached hydrogen (secondary N) is 2. The molecule has 0 bridgehead atoms. The molecule has 1 aliphatic heterocycles. The minimum absolute atomic E-state index is 0.125. The van der Waals surface area contributed by atoms with E-state index in [1.54, 1.807) is 31.4 Å². The van der Waals surface area contributed by atoms with Crippen LogP contribution in [0.5, 0.6) is 17.2 Å². The lowest BCUT2D eigenvalue weighted by Gasteiger charge is -2.25. The number of hydrogen-bond acceptors (Lipinski definition) is 7. The van der Waals surface area contributed by atoms with Crippen molar-refractivity contribution in [2.24, 2.45) is 0 Å². The molecular formula is C27H26ClFN4O3. The quantitative estimate of drug-likeness (QED) is 0.307. The molecule has 36 heavy (non-hydrogen) atoms. The van der Waals surface area contributed by atoms with Crippen LogP contribution in [0.3, 0.4) is 0 Å². The van der Waals surface area contributed by atoms with Crippen LogP contribution in [0.1, 0.15) is 18.4 Å². The lowest BCUT2D eigenvalue weighted by molar-refractivity contribution is 0.157. The fraction of sp³-hybridized carbons (Fsp3) is 0.259. The zero-order chi connectivity index (χ0) is 24.9. The molecule has 0 saturated carbocycles. The van der Waals surface area contributed by atoms with Gasteiger partial charge < -0.3 is 24.8 Å². The Bertz CT molecular complexity index is 1350. The molecule has 0 spiro atoms. The van der Waals surface area contributed by atoms with Crippen LogP contribution < -0.4 is 24.8 Å². The van der Waals surface area contributed by atoms with Gasteiger partial charge in [0.1, 0.15) is 36.4 Å². The van der Waals surface area contributed by atoms with E-state index in [4.69, 9.17) is 25.8 Å². The lowest BCUT2D eigenvalue weighted by atomic mass is 10.1. The fourth-order valence-electron chi connectivity index (χ4n) is 4.08. The third-order valence-corrected chi connectivity index (χ3v) is 6.30. The number of piperidine rings is 1. The highest BCUT2D eigenvalue weighted by Crippen LogP contribution is 2.37. The molecule has 5 rings (SSSR count). The predicted molar refractivity (Wildman–Crippen MR) is 138 cm³/mol. The molecule has 2 heterocycles. The largest absolute Gasteiger partial charge is 0.493 e. The van der Waals surface area contributed by atoms with Crippen LogP contribution in [0, 0.1) is 5.82 Å². The van der Waals surface area contributed by atoms with Crippen LogP contribution in [-0.2, 0) is 6.61 Å². The molecule has 0 unspecified atom stereocenters. The molecule has 186 valence electrons. The van der Waals surface area contributed by atoms with E-state index < -0.39 is 0 Å². The number of halogens is 2. The van der Waals surface area contributed by atoms with Gasteiger partial charge in [0.15, 0.2) is 11.5 Å². The minimum atomic E-state index is -0.284. The first-order chi connectivity index (χ1) is 17.6. The van der Waals surface area contributed by atoms with Crippen LogP contribution in [0.15, 0.2) is 60.9 Å². The summed E-state index contributed by atoms with van der Waals surface area (Å²) in [5, 5.41) is 7.91. The number of rotatable bonds is 8. The highest BCUT2D eigenvalue weighted by Gasteiger charge is 2.19. The lowest BCUT2D eigenvalue weighted by Crippen LogP contribution is -2.34. The first kappa shape index (κ1) is 24.1. The standard InChI is InChI=1S/C27H26ClFN4O3/c1-34-25-14-23-21(13-26(25)36-20-8-10-30-11-9-20)27(32-16-31-23)33-19-6-7-24(22(28)12-19)35-15-17-2-4-18(29)5-3-17/h2-7,12-14,16,20,30H,8-11,15H2,1H3,(H,31,32,33). The van der Waals surface area contributed by atoms with Crippen molar-refractivity contribution >= 4 is 34.0 Å². The summed E-state index contributed by atoms with van der Waals surface area (Å²) in [6.45, 7) is 2.15. The molecule has 3 aromatic carbocycles. The third-order valence-electron chi connectivity index (χ3n) is 6.00. The number of ether oxygens (including phenoxy) is 3. The maximum atomic E-state index is 13.1. The molecule has 9 heteroatoms. The molecule has 4 aromatic rings. The van der Waals surface area contributed by atoms with E-state index in [2.05, 4.69) is 20.6 Å². The molecule has 1 saturated heterocycles. The minimum Gasteiger partial charge on any atom is -0.493 e. The van der Waals surface area contributed by atoms with Gasteiger partial charge in [-0.1, -0.05) is 23.7 Å². The van der Waals surface area contributed by atoms with Gasteiger partial charge in [-0.15, -0.1) is 0 Å². The Hall–Kier alpha value is -3.62. The highest BCUT2D eigenvalue weighted by molar-refractivity contribution is 6.32. The Balaban J connectivity index is 1.35. The average Bonchev–Trinajstić information content (AvgIpc) is 2.90.